The Kier molecular flexibility index (Phi) is 5.04. The Bertz CT molecular complexity index is 773. The monoisotopic (exact) mass is 364 g/mol. The first kappa shape index (κ1) is 16.4. The Hall–Kier alpha value is -0.940. The van der Waals surface area contributed by atoms with E-state index in [-0.39, 0.29) is 17.3 Å². The van der Waals surface area contributed by atoms with E-state index in [1.807, 2.05) is 0 Å². The molecule has 112 valence electrons. The highest BCUT2D eigenvalue weighted by atomic mass is 35.7. The fraction of sp³-hybridized carbons (Fsp3) is 0.143. The summed E-state index contributed by atoms with van der Waals surface area (Å²) in [6.07, 6.45) is 0. The van der Waals surface area contributed by atoms with Gasteiger partial charge in [0.15, 0.2) is 0 Å². The van der Waals surface area contributed by atoms with Gasteiger partial charge in [-0.05, 0) is 42.3 Å². The largest absolute Gasteiger partial charge is 0.487 e. The van der Waals surface area contributed by atoms with Gasteiger partial charge in [0.2, 0.25) is 0 Å². The number of rotatable bonds is 4. The molecule has 21 heavy (non-hydrogen) atoms. The Morgan fingerprint density at radius 1 is 1.05 bits per heavy atom. The minimum atomic E-state index is -3.88. The van der Waals surface area contributed by atoms with Crippen molar-refractivity contribution in [2.24, 2.45) is 0 Å². The van der Waals surface area contributed by atoms with Crippen LogP contribution in [-0.2, 0) is 15.7 Å². The summed E-state index contributed by atoms with van der Waals surface area (Å²) in [7, 11) is 1.54. The smallest absolute Gasteiger partial charge is 0.264 e. The van der Waals surface area contributed by atoms with Gasteiger partial charge in [-0.15, -0.1) is 0 Å². The van der Waals surface area contributed by atoms with Crippen molar-refractivity contribution in [3.8, 4) is 5.75 Å². The van der Waals surface area contributed by atoms with Gasteiger partial charge in [0.05, 0.1) is 10.0 Å². The number of aryl methyl sites for hydroxylation is 1. The zero-order valence-corrected chi connectivity index (χ0v) is 14.0. The third-order valence-corrected chi connectivity index (χ3v) is 4.82. The molecule has 2 rings (SSSR count). The summed E-state index contributed by atoms with van der Waals surface area (Å²) in [5.74, 6) is 0.196. The van der Waals surface area contributed by atoms with Crippen LogP contribution in [0.2, 0.25) is 10.0 Å². The summed E-state index contributed by atoms with van der Waals surface area (Å²) in [4.78, 5) is -0.0516. The molecule has 0 bridgehead atoms. The summed E-state index contributed by atoms with van der Waals surface area (Å²) < 4.78 is 28.7. The number of hydrogen-bond acceptors (Lipinski definition) is 3. The van der Waals surface area contributed by atoms with E-state index in [1.54, 1.807) is 37.3 Å². The maximum atomic E-state index is 11.6. The molecule has 0 N–H and O–H groups in total. The highest BCUT2D eigenvalue weighted by Crippen LogP contribution is 2.29. The number of halogens is 3. The van der Waals surface area contributed by atoms with Crippen LogP contribution in [0.4, 0.5) is 0 Å². The second-order valence-electron chi connectivity index (χ2n) is 4.43. The maximum Gasteiger partial charge on any atom is 0.264 e. The molecule has 2 aromatic rings. The normalized spacial score (nSPS) is 11.4. The van der Waals surface area contributed by atoms with Crippen LogP contribution in [-0.4, -0.2) is 8.42 Å². The van der Waals surface area contributed by atoms with Crippen molar-refractivity contribution in [3.63, 3.8) is 0 Å². The zero-order valence-electron chi connectivity index (χ0n) is 10.9. The van der Waals surface area contributed by atoms with E-state index in [2.05, 4.69) is 0 Å². The lowest BCUT2D eigenvalue weighted by molar-refractivity contribution is 0.298. The van der Waals surface area contributed by atoms with Gasteiger partial charge >= 0.3 is 0 Å². The lowest BCUT2D eigenvalue weighted by atomic mass is 10.2. The van der Waals surface area contributed by atoms with E-state index in [0.29, 0.717) is 10.0 Å². The predicted octanol–water partition coefficient (Wildman–Crippen LogP) is 4.81. The van der Waals surface area contributed by atoms with Gasteiger partial charge in [-0.25, -0.2) is 8.42 Å². The fourth-order valence-electron chi connectivity index (χ4n) is 1.72. The third kappa shape index (κ3) is 4.27. The first-order valence-corrected chi connectivity index (χ1v) is 8.96. The minimum Gasteiger partial charge on any atom is -0.487 e. The second-order valence-corrected chi connectivity index (χ2v) is 7.77. The first-order chi connectivity index (χ1) is 9.77. The molecule has 0 saturated carbocycles. The summed E-state index contributed by atoms with van der Waals surface area (Å²) in [6, 6.07) is 9.84. The number of benzene rings is 2. The summed E-state index contributed by atoms with van der Waals surface area (Å²) >= 11 is 11.7. The van der Waals surface area contributed by atoms with Crippen molar-refractivity contribution in [2.45, 2.75) is 18.4 Å². The average molecular weight is 366 g/mol. The standard InChI is InChI=1S/C14H11Cl3O3S/c1-9-2-5-13(14(6-9)21(17,18)19)20-8-10-3-4-11(15)12(16)7-10/h2-7H,8H2,1H3. The summed E-state index contributed by atoms with van der Waals surface area (Å²) in [5, 5.41) is 0.853. The highest BCUT2D eigenvalue weighted by Gasteiger charge is 2.17. The van der Waals surface area contributed by atoms with E-state index in [0.717, 1.165) is 11.1 Å². The molecule has 2 aromatic carbocycles. The van der Waals surface area contributed by atoms with Gasteiger partial charge in [0.25, 0.3) is 9.05 Å². The molecule has 0 atom stereocenters. The molecule has 0 fully saturated rings. The number of ether oxygens (including phenoxy) is 1. The lowest BCUT2D eigenvalue weighted by Gasteiger charge is -2.11. The van der Waals surface area contributed by atoms with Crippen LogP contribution in [0, 0.1) is 6.92 Å². The lowest BCUT2D eigenvalue weighted by Crippen LogP contribution is -2.01. The maximum absolute atomic E-state index is 11.6. The molecule has 0 aliphatic heterocycles. The quantitative estimate of drug-likeness (QED) is 0.730. The molecule has 3 nitrogen and oxygen atoms in total. The Labute approximate surface area is 137 Å². The average Bonchev–Trinajstić information content (AvgIpc) is 2.40. The second kappa shape index (κ2) is 6.44. The molecule has 0 aromatic heterocycles. The van der Waals surface area contributed by atoms with Gasteiger partial charge < -0.3 is 4.74 Å². The van der Waals surface area contributed by atoms with Crippen LogP contribution < -0.4 is 4.74 Å². The predicted molar refractivity (Wildman–Crippen MR) is 85.0 cm³/mol. The van der Waals surface area contributed by atoms with Crippen molar-refractivity contribution in [1.82, 2.24) is 0 Å². The van der Waals surface area contributed by atoms with Gasteiger partial charge in [0.1, 0.15) is 17.3 Å². The Morgan fingerprint density at radius 3 is 2.38 bits per heavy atom. The van der Waals surface area contributed by atoms with Crippen molar-refractivity contribution in [3.05, 3.63) is 57.6 Å². The molecule has 0 unspecified atom stereocenters. The van der Waals surface area contributed by atoms with Crippen LogP contribution in [0.15, 0.2) is 41.3 Å². The number of hydrogen-bond donors (Lipinski definition) is 0. The molecule has 0 aliphatic carbocycles. The fourth-order valence-corrected chi connectivity index (χ4v) is 3.09. The molecule has 0 aliphatic rings. The Balaban J connectivity index is 2.26. The van der Waals surface area contributed by atoms with Crippen LogP contribution in [0.3, 0.4) is 0 Å². The zero-order chi connectivity index (χ0) is 15.6. The molecule has 0 spiro atoms. The van der Waals surface area contributed by atoms with Crippen molar-refractivity contribution in [1.29, 1.82) is 0 Å². The van der Waals surface area contributed by atoms with E-state index in [1.165, 1.54) is 6.07 Å². The SMILES string of the molecule is Cc1ccc(OCc2ccc(Cl)c(Cl)c2)c(S(=O)(=O)Cl)c1. The van der Waals surface area contributed by atoms with Crippen molar-refractivity contribution < 1.29 is 13.2 Å². The first-order valence-electron chi connectivity index (χ1n) is 5.89. The molecular formula is C14H11Cl3O3S. The van der Waals surface area contributed by atoms with E-state index < -0.39 is 9.05 Å². The Morgan fingerprint density at radius 2 is 1.76 bits per heavy atom. The van der Waals surface area contributed by atoms with Gasteiger partial charge in [0, 0.05) is 10.7 Å². The van der Waals surface area contributed by atoms with Crippen LogP contribution in [0.5, 0.6) is 5.75 Å². The molecule has 0 radical (unpaired) electrons. The van der Waals surface area contributed by atoms with Crippen LogP contribution in [0.25, 0.3) is 0 Å². The minimum absolute atomic E-state index is 0.0516. The van der Waals surface area contributed by atoms with Crippen molar-refractivity contribution >= 4 is 42.9 Å². The van der Waals surface area contributed by atoms with Crippen LogP contribution in [0.1, 0.15) is 11.1 Å². The van der Waals surface area contributed by atoms with Crippen molar-refractivity contribution in [2.75, 3.05) is 0 Å². The van der Waals surface area contributed by atoms with Crippen LogP contribution >= 0.6 is 33.9 Å². The molecule has 0 amide bonds. The van der Waals surface area contributed by atoms with E-state index in [4.69, 9.17) is 38.6 Å². The molecule has 0 saturated heterocycles. The van der Waals surface area contributed by atoms with E-state index in [9.17, 15) is 8.42 Å². The molecule has 7 heteroatoms. The molecular weight excluding hydrogens is 355 g/mol. The topological polar surface area (TPSA) is 43.4 Å². The highest BCUT2D eigenvalue weighted by molar-refractivity contribution is 8.13. The summed E-state index contributed by atoms with van der Waals surface area (Å²) in [5.41, 5.74) is 1.54. The van der Waals surface area contributed by atoms with Gasteiger partial charge in [-0.1, -0.05) is 35.3 Å². The third-order valence-electron chi connectivity index (χ3n) is 2.74. The molecule has 0 heterocycles. The van der Waals surface area contributed by atoms with Gasteiger partial charge in [-0.2, -0.15) is 0 Å². The van der Waals surface area contributed by atoms with E-state index >= 15 is 0 Å². The van der Waals surface area contributed by atoms with Gasteiger partial charge in [-0.3, -0.25) is 0 Å². The summed E-state index contributed by atoms with van der Waals surface area (Å²) in [6.45, 7) is 1.92.